The fourth-order valence-corrected chi connectivity index (χ4v) is 5.61. The van der Waals surface area contributed by atoms with Crippen molar-refractivity contribution in [2.45, 2.75) is 24.6 Å². The Hall–Kier alpha value is -6.44. The van der Waals surface area contributed by atoms with E-state index in [-0.39, 0.29) is 0 Å². The lowest BCUT2D eigenvalue weighted by molar-refractivity contribution is -0.275. The number of nitrogens with zero attached hydrogens (tertiary/aromatic N) is 2. The summed E-state index contributed by atoms with van der Waals surface area (Å²) < 4.78 is 232. The van der Waals surface area contributed by atoms with Gasteiger partial charge >= 0.3 is 12.7 Å². The van der Waals surface area contributed by atoms with E-state index in [1.165, 1.54) is 12.1 Å². The molecule has 4 nitrogen and oxygen atoms in total. The van der Waals surface area contributed by atoms with Crippen molar-refractivity contribution < 1.29 is 79.7 Å². The molecule has 0 spiro atoms. The van der Waals surface area contributed by atoms with Crippen LogP contribution in [0.15, 0.2) is 60.7 Å². The second-order valence-corrected chi connectivity index (χ2v) is 11.3. The van der Waals surface area contributed by atoms with Gasteiger partial charge in [0.2, 0.25) is 11.6 Å². The van der Waals surface area contributed by atoms with Crippen LogP contribution in [0.1, 0.15) is 34.1 Å². The standard InChI is InChI=1S/C36H12F16N2O2/c37-25-23(26(38)30(42)33(45)29(25)41)21(11-53)19-10-18(14-3-7-16(8-4-14)56-36(50,51)52)20(9-17(19)13-1-5-15(6-2-13)55-35(47,48)49)22(12-54)24-27(39)31(43)34(46)32(44)28(24)40/h1-10,21-22H. The molecule has 0 saturated carbocycles. The molecule has 5 rings (SSSR count). The second kappa shape index (κ2) is 15.0. The fraction of sp³-hybridized carbons (Fsp3) is 0.111. The normalized spacial score (nSPS) is 12.8. The lowest BCUT2D eigenvalue weighted by atomic mass is 9.78. The number of benzene rings is 5. The molecule has 0 bridgehead atoms. The average molecular weight is 808 g/mol. The summed E-state index contributed by atoms with van der Waals surface area (Å²) in [6.07, 6.45) is -10.5. The van der Waals surface area contributed by atoms with Crippen molar-refractivity contribution in [1.82, 2.24) is 0 Å². The van der Waals surface area contributed by atoms with E-state index >= 15 is 17.6 Å². The summed E-state index contributed by atoms with van der Waals surface area (Å²) in [5.74, 6) is -32.7. The molecule has 5 aromatic carbocycles. The Morgan fingerprint density at radius 3 is 0.893 bits per heavy atom. The zero-order valence-corrected chi connectivity index (χ0v) is 26.7. The molecule has 20 heteroatoms. The summed E-state index contributed by atoms with van der Waals surface area (Å²) in [6.45, 7) is 0. The molecule has 0 saturated heterocycles. The van der Waals surface area contributed by atoms with Crippen LogP contribution >= 0.6 is 0 Å². The van der Waals surface area contributed by atoms with Crippen LogP contribution in [0, 0.1) is 80.8 Å². The van der Waals surface area contributed by atoms with Gasteiger partial charge in [-0.15, -0.1) is 26.3 Å². The highest BCUT2D eigenvalue weighted by molar-refractivity contribution is 5.80. The van der Waals surface area contributed by atoms with Gasteiger partial charge in [-0.25, -0.2) is 43.9 Å². The second-order valence-electron chi connectivity index (χ2n) is 11.3. The van der Waals surface area contributed by atoms with Gasteiger partial charge < -0.3 is 9.47 Å². The van der Waals surface area contributed by atoms with Gasteiger partial charge in [0.05, 0.1) is 23.3 Å². The van der Waals surface area contributed by atoms with Crippen LogP contribution in [-0.2, 0) is 0 Å². The van der Waals surface area contributed by atoms with Gasteiger partial charge in [0, 0.05) is 0 Å². The third-order valence-electron chi connectivity index (χ3n) is 7.96. The molecule has 0 fully saturated rings. The number of nitriles is 2. The van der Waals surface area contributed by atoms with Crippen molar-refractivity contribution in [3.8, 4) is 45.9 Å². The summed E-state index contributed by atoms with van der Waals surface area (Å²) in [5.41, 5.74) is -7.52. The molecule has 0 aliphatic carbocycles. The van der Waals surface area contributed by atoms with E-state index in [1.807, 2.05) is 0 Å². The molecule has 290 valence electrons. The fourth-order valence-electron chi connectivity index (χ4n) is 5.61. The minimum atomic E-state index is -5.26. The predicted molar refractivity (Wildman–Crippen MR) is 158 cm³/mol. The Bertz CT molecular complexity index is 2200. The van der Waals surface area contributed by atoms with Crippen LogP contribution in [0.25, 0.3) is 22.3 Å². The highest BCUT2D eigenvalue weighted by atomic mass is 19.4. The minimum absolute atomic E-state index is 0.436. The molecule has 0 N–H and O–H groups in total. The van der Waals surface area contributed by atoms with E-state index in [4.69, 9.17) is 0 Å². The van der Waals surface area contributed by atoms with E-state index in [0.717, 1.165) is 24.3 Å². The summed E-state index contributed by atoms with van der Waals surface area (Å²) >= 11 is 0. The Morgan fingerprint density at radius 1 is 0.411 bits per heavy atom. The predicted octanol–water partition coefficient (Wildman–Crippen LogP) is 11.5. The highest BCUT2D eigenvalue weighted by Gasteiger charge is 2.37. The summed E-state index contributed by atoms with van der Waals surface area (Å²) in [7, 11) is 0. The maximum atomic E-state index is 15.2. The number of ether oxygens (including phenoxy) is 2. The Kier molecular flexibility index (Phi) is 10.9. The molecule has 0 radical (unpaired) electrons. The SMILES string of the molecule is N#CC(c1cc(-c2ccc(OC(F)(F)F)cc2)c(C(C#N)c2c(F)c(F)c(F)c(F)c2F)cc1-c1ccc(OC(F)(F)F)cc1)c1c(F)c(F)c(F)c(F)c1F. The van der Waals surface area contributed by atoms with Crippen LogP contribution < -0.4 is 9.47 Å². The van der Waals surface area contributed by atoms with Gasteiger partial charge in [0.15, 0.2) is 46.5 Å². The van der Waals surface area contributed by atoms with Crippen LogP contribution in [0.2, 0.25) is 0 Å². The third-order valence-corrected chi connectivity index (χ3v) is 7.96. The van der Waals surface area contributed by atoms with E-state index < -0.39 is 139 Å². The maximum Gasteiger partial charge on any atom is 0.573 e. The molecule has 0 aromatic heterocycles. The van der Waals surface area contributed by atoms with Crippen molar-refractivity contribution in [2.24, 2.45) is 0 Å². The average Bonchev–Trinajstić information content (AvgIpc) is 3.14. The van der Waals surface area contributed by atoms with Crippen LogP contribution in [-0.4, -0.2) is 12.7 Å². The molecule has 5 aromatic rings. The van der Waals surface area contributed by atoms with E-state index in [9.17, 15) is 63.2 Å². The maximum absolute atomic E-state index is 15.2. The molecule has 0 amide bonds. The van der Waals surface area contributed by atoms with E-state index in [2.05, 4.69) is 9.47 Å². The van der Waals surface area contributed by atoms with Crippen molar-refractivity contribution >= 4 is 0 Å². The molecule has 2 atom stereocenters. The summed E-state index contributed by atoms with van der Waals surface area (Å²) in [6, 6.07) is 9.37. The first-order valence-electron chi connectivity index (χ1n) is 14.8. The minimum Gasteiger partial charge on any atom is -0.406 e. The van der Waals surface area contributed by atoms with Crippen LogP contribution in [0.5, 0.6) is 11.5 Å². The largest absolute Gasteiger partial charge is 0.573 e. The number of alkyl halides is 6. The van der Waals surface area contributed by atoms with Crippen molar-refractivity contribution in [1.29, 1.82) is 10.5 Å². The molecule has 0 heterocycles. The zero-order valence-electron chi connectivity index (χ0n) is 26.7. The van der Waals surface area contributed by atoms with Gasteiger partial charge in [-0.3, -0.25) is 0 Å². The molecule has 56 heavy (non-hydrogen) atoms. The van der Waals surface area contributed by atoms with E-state index in [0.29, 0.717) is 36.4 Å². The van der Waals surface area contributed by atoms with Crippen LogP contribution in [0.3, 0.4) is 0 Å². The quantitative estimate of drug-likeness (QED) is 0.0890. The zero-order chi connectivity index (χ0) is 41.6. The number of halogens is 16. The van der Waals surface area contributed by atoms with Crippen LogP contribution in [0.4, 0.5) is 70.2 Å². The number of rotatable bonds is 8. The lowest BCUT2D eigenvalue weighted by Crippen LogP contribution is -2.17. The van der Waals surface area contributed by atoms with Crippen molar-refractivity contribution in [2.75, 3.05) is 0 Å². The van der Waals surface area contributed by atoms with E-state index in [1.54, 1.807) is 0 Å². The number of hydrogen-bond donors (Lipinski definition) is 0. The molecular weight excluding hydrogens is 796 g/mol. The lowest BCUT2D eigenvalue weighted by Gasteiger charge is -2.24. The molecule has 0 aliphatic rings. The highest BCUT2D eigenvalue weighted by Crippen LogP contribution is 2.45. The first-order valence-corrected chi connectivity index (χ1v) is 14.8. The third kappa shape index (κ3) is 7.72. The smallest absolute Gasteiger partial charge is 0.406 e. The Labute approximate surface area is 302 Å². The molecule has 0 aliphatic heterocycles. The van der Waals surface area contributed by atoms with Gasteiger partial charge in [-0.1, -0.05) is 24.3 Å². The van der Waals surface area contributed by atoms with Crippen molar-refractivity contribution in [3.05, 3.63) is 141 Å². The summed E-state index contributed by atoms with van der Waals surface area (Å²) in [5, 5.41) is 20.4. The van der Waals surface area contributed by atoms with Gasteiger partial charge in [0.25, 0.3) is 0 Å². The van der Waals surface area contributed by atoms with Gasteiger partial charge in [0.1, 0.15) is 23.3 Å². The summed E-state index contributed by atoms with van der Waals surface area (Å²) in [4.78, 5) is 0. The first-order chi connectivity index (χ1) is 26.1. The Balaban J connectivity index is 1.94. The topological polar surface area (TPSA) is 66.0 Å². The monoisotopic (exact) mass is 808 g/mol. The Morgan fingerprint density at radius 2 is 0.661 bits per heavy atom. The van der Waals surface area contributed by atoms with Crippen molar-refractivity contribution in [3.63, 3.8) is 0 Å². The van der Waals surface area contributed by atoms with Gasteiger partial charge in [-0.05, 0) is 69.8 Å². The first kappa shape index (κ1) is 40.7. The molecular formula is C36H12F16N2O2. The van der Waals surface area contributed by atoms with Gasteiger partial charge in [-0.2, -0.15) is 10.5 Å². The molecule has 2 unspecified atom stereocenters. The number of hydrogen-bond acceptors (Lipinski definition) is 4.